The van der Waals surface area contributed by atoms with Gasteiger partial charge in [0.25, 0.3) is 0 Å². The summed E-state index contributed by atoms with van der Waals surface area (Å²) in [6.45, 7) is 0. The quantitative estimate of drug-likeness (QED) is 0.833. The number of nitriles is 1. The van der Waals surface area contributed by atoms with Crippen molar-refractivity contribution in [2.24, 2.45) is 0 Å². The fraction of sp³-hybridized carbons (Fsp3) is 0.182. The molecule has 0 bridgehead atoms. The van der Waals surface area contributed by atoms with E-state index in [-0.39, 0.29) is 10.6 Å². The number of hydrogen-bond donors (Lipinski definition) is 1. The maximum atomic E-state index is 12.1. The third-order valence-corrected chi connectivity index (χ3v) is 5.16. The fourth-order valence-corrected chi connectivity index (χ4v) is 3.86. The molecule has 0 unspecified atom stereocenters. The molecule has 1 aromatic carbocycles. The number of rotatable bonds is 5. The Balaban J connectivity index is 2.03. The summed E-state index contributed by atoms with van der Waals surface area (Å²) in [7, 11) is -3.38. The SMILES string of the molecule is N#Cc1cccc(S(=O)(=O)CCSc2ncn[nH]2)c1. The smallest absolute Gasteiger partial charge is 0.183 e. The van der Waals surface area contributed by atoms with Gasteiger partial charge in [0, 0.05) is 5.75 Å². The van der Waals surface area contributed by atoms with Crippen LogP contribution in [0.5, 0.6) is 0 Å². The Morgan fingerprint density at radius 2 is 2.26 bits per heavy atom. The van der Waals surface area contributed by atoms with Gasteiger partial charge in [0.1, 0.15) is 6.33 Å². The van der Waals surface area contributed by atoms with Crippen LogP contribution in [0.1, 0.15) is 5.56 Å². The van der Waals surface area contributed by atoms with Gasteiger partial charge < -0.3 is 0 Å². The largest absolute Gasteiger partial charge is 0.254 e. The number of H-pyrrole nitrogens is 1. The minimum absolute atomic E-state index is 0.0206. The average Bonchev–Trinajstić information content (AvgIpc) is 2.92. The van der Waals surface area contributed by atoms with E-state index < -0.39 is 9.84 Å². The highest BCUT2D eigenvalue weighted by molar-refractivity contribution is 8.00. The van der Waals surface area contributed by atoms with Crippen LogP contribution in [0.2, 0.25) is 0 Å². The number of hydrogen-bond acceptors (Lipinski definition) is 6. The van der Waals surface area contributed by atoms with E-state index in [9.17, 15) is 8.42 Å². The van der Waals surface area contributed by atoms with E-state index in [2.05, 4.69) is 15.2 Å². The Morgan fingerprint density at radius 1 is 1.42 bits per heavy atom. The highest BCUT2D eigenvalue weighted by atomic mass is 32.2. The van der Waals surface area contributed by atoms with Gasteiger partial charge >= 0.3 is 0 Å². The number of nitrogens with one attached hydrogen (secondary N) is 1. The molecule has 0 aliphatic carbocycles. The Bertz CT molecular complexity index is 690. The predicted molar refractivity (Wildman–Crippen MR) is 70.3 cm³/mol. The van der Waals surface area contributed by atoms with E-state index in [1.165, 1.54) is 30.2 Å². The monoisotopic (exact) mass is 294 g/mol. The third-order valence-electron chi connectivity index (χ3n) is 2.31. The summed E-state index contributed by atoms with van der Waals surface area (Å²) in [6, 6.07) is 7.94. The van der Waals surface area contributed by atoms with Crippen LogP contribution in [0.25, 0.3) is 0 Å². The van der Waals surface area contributed by atoms with Gasteiger partial charge in [-0.25, -0.2) is 13.4 Å². The Kier molecular flexibility index (Phi) is 4.19. The molecule has 0 aliphatic heterocycles. The molecule has 2 aromatic rings. The second kappa shape index (κ2) is 5.86. The van der Waals surface area contributed by atoms with E-state index in [1.54, 1.807) is 12.1 Å². The second-order valence-electron chi connectivity index (χ2n) is 3.60. The molecule has 98 valence electrons. The zero-order valence-electron chi connectivity index (χ0n) is 9.78. The summed E-state index contributed by atoms with van der Waals surface area (Å²) in [4.78, 5) is 4.07. The molecule has 2 rings (SSSR count). The standard InChI is InChI=1S/C11H10N4O2S2/c12-7-9-2-1-3-10(6-9)19(16,17)5-4-18-11-13-8-14-15-11/h1-3,6,8H,4-5H2,(H,13,14,15). The molecule has 1 N–H and O–H groups in total. The van der Waals surface area contributed by atoms with E-state index >= 15 is 0 Å². The number of nitrogens with zero attached hydrogens (tertiary/aromatic N) is 3. The number of aromatic nitrogens is 3. The molecule has 6 nitrogen and oxygen atoms in total. The van der Waals surface area contributed by atoms with Gasteiger partial charge in [-0.05, 0) is 18.2 Å². The lowest BCUT2D eigenvalue weighted by atomic mass is 10.2. The predicted octanol–water partition coefficient (Wildman–Crippen LogP) is 1.24. The van der Waals surface area contributed by atoms with Crippen molar-refractivity contribution in [2.75, 3.05) is 11.5 Å². The van der Waals surface area contributed by atoms with Crippen LogP contribution in [0, 0.1) is 11.3 Å². The maximum Gasteiger partial charge on any atom is 0.183 e. The molecule has 0 aliphatic rings. The molecule has 8 heteroatoms. The lowest BCUT2D eigenvalue weighted by Gasteiger charge is -2.03. The second-order valence-corrected chi connectivity index (χ2v) is 6.79. The van der Waals surface area contributed by atoms with Gasteiger partial charge in [-0.2, -0.15) is 10.4 Å². The van der Waals surface area contributed by atoms with E-state index in [0.29, 0.717) is 16.5 Å². The van der Waals surface area contributed by atoms with Crippen molar-refractivity contribution < 1.29 is 8.42 Å². The first-order chi connectivity index (χ1) is 9.12. The molecule has 0 amide bonds. The van der Waals surface area contributed by atoms with Gasteiger partial charge in [0.05, 0.1) is 22.3 Å². The summed E-state index contributed by atoms with van der Waals surface area (Å²) >= 11 is 1.29. The van der Waals surface area contributed by atoms with Crippen LogP contribution >= 0.6 is 11.8 Å². The molecule has 1 aromatic heterocycles. The molecule has 0 saturated heterocycles. The molecule has 0 saturated carbocycles. The Labute approximate surface area is 114 Å². The summed E-state index contributed by atoms with van der Waals surface area (Å²) in [5.74, 6) is 0.349. The molecule has 19 heavy (non-hydrogen) atoms. The molecule has 0 spiro atoms. The third kappa shape index (κ3) is 3.56. The summed E-state index contributed by atoms with van der Waals surface area (Å²) in [5.41, 5.74) is 0.337. The lowest BCUT2D eigenvalue weighted by molar-refractivity contribution is 0.597. The molecule has 0 fully saturated rings. The average molecular weight is 294 g/mol. The highest BCUT2D eigenvalue weighted by Crippen LogP contribution is 2.17. The summed E-state index contributed by atoms with van der Waals surface area (Å²) in [5, 5.41) is 15.7. The summed E-state index contributed by atoms with van der Waals surface area (Å²) in [6.07, 6.45) is 1.37. The van der Waals surface area contributed by atoms with Crippen molar-refractivity contribution in [1.29, 1.82) is 5.26 Å². The van der Waals surface area contributed by atoms with Crippen LogP contribution in [-0.4, -0.2) is 35.1 Å². The number of sulfone groups is 1. The number of aromatic amines is 1. The minimum atomic E-state index is -3.38. The number of thioether (sulfide) groups is 1. The van der Waals surface area contributed by atoms with Crippen molar-refractivity contribution in [3.63, 3.8) is 0 Å². The first kappa shape index (κ1) is 13.6. The number of benzene rings is 1. The zero-order chi connectivity index (χ0) is 13.7. The van der Waals surface area contributed by atoms with Crippen LogP contribution in [0.4, 0.5) is 0 Å². The van der Waals surface area contributed by atoms with Crippen LogP contribution in [0.3, 0.4) is 0 Å². The lowest BCUT2D eigenvalue weighted by Crippen LogP contribution is -2.09. The topological polar surface area (TPSA) is 99.5 Å². The van der Waals surface area contributed by atoms with E-state index in [0.717, 1.165) is 0 Å². The molecule has 0 radical (unpaired) electrons. The molecule has 1 heterocycles. The highest BCUT2D eigenvalue weighted by Gasteiger charge is 2.15. The Hall–Kier alpha value is -1.85. The van der Waals surface area contributed by atoms with E-state index in [1.807, 2.05) is 6.07 Å². The van der Waals surface area contributed by atoms with Gasteiger partial charge in [-0.3, -0.25) is 5.10 Å². The van der Waals surface area contributed by atoms with Crippen LogP contribution < -0.4 is 0 Å². The van der Waals surface area contributed by atoms with Crippen molar-refractivity contribution in [3.8, 4) is 6.07 Å². The van der Waals surface area contributed by atoms with Crippen molar-refractivity contribution >= 4 is 21.6 Å². The van der Waals surface area contributed by atoms with Gasteiger partial charge in [0.2, 0.25) is 0 Å². The van der Waals surface area contributed by atoms with Gasteiger partial charge in [-0.15, -0.1) is 0 Å². The molecular weight excluding hydrogens is 284 g/mol. The van der Waals surface area contributed by atoms with Crippen LogP contribution in [-0.2, 0) is 9.84 Å². The minimum Gasteiger partial charge on any atom is -0.254 e. The molecular formula is C11H10N4O2S2. The van der Waals surface area contributed by atoms with E-state index in [4.69, 9.17) is 5.26 Å². The first-order valence-electron chi connectivity index (χ1n) is 5.33. The first-order valence-corrected chi connectivity index (χ1v) is 7.97. The van der Waals surface area contributed by atoms with Crippen molar-refractivity contribution in [1.82, 2.24) is 15.2 Å². The fourth-order valence-electron chi connectivity index (χ4n) is 1.39. The molecule has 0 atom stereocenters. The van der Waals surface area contributed by atoms with Crippen molar-refractivity contribution in [2.45, 2.75) is 10.1 Å². The van der Waals surface area contributed by atoms with Crippen LogP contribution in [0.15, 0.2) is 40.6 Å². The zero-order valence-corrected chi connectivity index (χ0v) is 11.4. The van der Waals surface area contributed by atoms with Crippen molar-refractivity contribution in [3.05, 3.63) is 36.2 Å². The summed E-state index contributed by atoms with van der Waals surface area (Å²) < 4.78 is 24.1. The van der Waals surface area contributed by atoms with Gasteiger partial charge in [0.15, 0.2) is 15.0 Å². The Morgan fingerprint density at radius 3 is 2.95 bits per heavy atom. The normalized spacial score (nSPS) is 11.1. The van der Waals surface area contributed by atoms with Gasteiger partial charge in [-0.1, -0.05) is 17.8 Å². The maximum absolute atomic E-state index is 12.1.